The second-order valence-electron chi connectivity index (χ2n) is 6.26. The van der Waals surface area contributed by atoms with Crippen LogP contribution in [0, 0.1) is 6.92 Å². The molecule has 0 bridgehead atoms. The van der Waals surface area contributed by atoms with Crippen molar-refractivity contribution in [2.24, 2.45) is 0 Å². The third kappa shape index (κ3) is 3.92. The van der Waals surface area contributed by atoms with E-state index in [1.54, 1.807) is 28.8 Å². The molecule has 26 heavy (non-hydrogen) atoms. The number of aromatic nitrogens is 1. The van der Waals surface area contributed by atoms with E-state index in [9.17, 15) is 9.59 Å². The Labute approximate surface area is 160 Å². The fourth-order valence-electron chi connectivity index (χ4n) is 2.66. The average Bonchev–Trinajstić information content (AvgIpc) is 2.91. The van der Waals surface area contributed by atoms with Crippen molar-refractivity contribution in [3.05, 3.63) is 56.7 Å². The zero-order valence-electron chi connectivity index (χ0n) is 14.7. The summed E-state index contributed by atoms with van der Waals surface area (Å²) in [6, 6.07) is 10.8. The fourth-order valence-corrected chi connectivity index (χ4v) is 3.83. The molecule has 0 spiro atoms. The Hall–Kier alpha value is -2.31. The highest BCUT2D eigenvalue weighted by Gasteiger charge is 2.12. The third-order valence-corrected chi connectivity index (χ3v) is 5.26. The highest BCUT2D eigenvalue weighted by atomic mass is 35.5. The molecule has 0 aliphatic rings. The van der Waals surface area contributed by atoms with Gasteiger partial charge in [0.05, 0.1) is 10.2 Å². The number of hydrogen-bond donors (Lipinski definition) is 1. The van der Waals surface area contributed by atoms with Crippen molar-refractivity contribution in [3.8, 4) is 5.75 Å². The van der Waals surface area contributed by atoms with Crippen LogP contribution in [0.4, 0.5) is 5.69 Å². The van der Waals surface area contributed by atoms with Crippen molar-refractivity contribution >= 4 is 44.7 Å². The van der Waals surface area contributed by atoms with E-state index in [0.29, 0.717) is 16.5 Å². The summed E-state index contributed by atoms with van der Waals surface area (Å²) in [7, 11) is 0. The van der Waals surface area contributed by atoms with Crippen LogP contribution in [0.25, 0.3) is 10.2 Å². The number of hydrogen-bond acceptors (Lipinski definition) is 4. The summed E-state index contributed by atoms with van der Waals surface area (Å²) >= 11 is 7.15. The molecule has 0 radical (unpaired) electrons. The highest BCUT2D eigenvalue weighted by Crippen LogP contribution is 2.24. The third-order valence-electron chi connectivity index (χ3n) is 3.91. The van der Waals surface area contributed by atoms with Gasteiger partial charge < -0.3 is 10.1 Å². The number of rotatable bonds is 5. The normalized spacial score (nSPS) is 11.1. The molecule has 0 aliphatic heterocycles. The van der Waals surface area contributed by atoms with Crippen LogP contribution in [0.5, 0.6) is 5.75 Å². The molecule has 5 nitrogen and oxygen atoms in total. The molecule has 0 unspecified atom stereocenters. The van der Waals surface area contributed by atoms with Gasteiger partial charge in [-0.1, -0.05) is 22.9 Å². The number of carbonyl (C=O) groups excluding carboxylic acids is 1. The van der Waals surface area contributed by atoms with Crippen LogP contribution >= 0.6 is 22.9 Å². The van der Waals surface area contributed by atoms with Gasteiger partial charge in [-0.15, -0.1) is 0 Å². The van der Waals surface area contributed by atoms with Gasteiger partial charge in [-0.2, -0.15) is 0 Å². The molecular weight excluding hydrogens is 372 g/mol. The molecule has 3 rings (SSSR count). The van der Waals surface area contributed by atoms with Gasteiger partial charge >= 0.3 is 4.87 Å². The standard InChI is InChI=1S/C19H19ClN2O3S/c1-11(2)22-16-7-4-13(9-17(16)26-19(22)24)21-18(23)10-25-14-5-6-15(20)12(3)8-14/h4-9,11H,10H2,1-3H3,(H,21,23). The van der Waals surface area contributed by atoms with E-state index >= 15 is 0 Å². The van der Waals surface area contributed by atoms with Crippen LogP contribution in [-0.4, -0.2) is 17.1 Å². The summed E-state index contributed by atoms with van der Waals surface area (Å²) in [6.07, 6.45) is 0. The van der Waals surface area contributed by atoms with E-state index in [2.05, 4.69) is 5.32 Å². The second kappa shape index (κ2) is 7.51. The number of benzene rings is 2. The van der Waals surface area contributed by atoms with Crippen molar-refractivity contribution in [2.75, 3.05) is 11.9 Å². The Morgan fingerprint density at radius 1 is 1.27 bits per heavy atom. The van der Waals surface area contributed by atoms with Crippen molar-refractivity contribution in [3.63, 3.8) is 0 Å². The van der Waals surface area contributed by atoms with Crippen LogP contribution in [0.2, 0.25) is 5.02 Å². The number of carbonyl (C=O) groups is 1. The van der Waals surface area contributed by atoms with Gasteiger partial charge in [-0.25, -0.2) is 0 Å². The van der Waals surface area contributed by atoms with E-state index in [1.165, 1.54) is 11.3 Å². The van der Waals surface area contributed by atoms with Gasteiger partial charge in [0.2, 0.25) is 0 Å². The lowest BCUT2D eigenvalue weighted by Gasteiger charge is -2.10. The van der Waals surface area contributed by atoms with Gasteiger partial charge in [0.25, 0.3) is 5.91 Å². The van der Waals surface area contributed by atoms with Crippen LogP contribution in [0.1, 0.15) is 25.5 Å². The largest absolute Gasteiger partial charge is 0.484 e. The Morgan fingerprint density at radius 2 is 2.04 bits per heavy atom. The van der Waals surface area contributed by atoms with E-state index in [-0.39, 0.29) is 23.4 Å². The number of anilines is 1. The first-order valence-corrected chi connectivity index (χ1v) is 9.38. The Balaban J connectivity index is 1.69. The van der Waals surface area contributed by atoms with Gasteiger partial charge in [0, 0.05) is 16.8 Å². The molecule has 0 atom stereocenters. The van der Waals surface area contributed by atoms with E-state index < -0.39 is 0 Å². The predicted molar refractivity (Wildman–Crippen MR) is 107 cm³/mol. The van der Waals surface area contributed by atoms with Gasteiger partial charge in [0.15, 0.2) is 6.61 Å². The first-order chi connectivity index (χ1) is 12.3. The number of nitrogens with zero attached hydrogens (tertiary/aromatic N) is 1. The molecule has 3 aromatic rings. The molecule has 0 saturated heterocycles. The summed E-state index contributed by atoms with van der Waals surface area (Å²) < 4.78 is 8.09. The van der Waals surface area contributed by atoms with Gasteiger partial charge in [-0.05, 0) is 62.7 Å². The van der Waals surface area contributed by atoms with Crippen LogP contribution in [0.3, 0.4) is 0 Å². The first-order valence-electron chi connectivity index (χ1n) is 8.19. The van der Waals surface area contributed by atoms with E-state index in [4.69, 9.17) is 16.3 Å². The molecule has 2 aromatic carbocycles. The molecule has 1 aromatic heterocycles. The molecule has 0 saturated carbocycles. The maximum absolute atomic E-state index is 12.1. The molecule has 1 amide bonds. The summed E-state index contributed by atoms with van der Waals surface area (Å²) in [5, 5.41) is 3.45. The number of fused-ring (bicyclic) bond motifs is 1. The lowest BCUT2D eigenvalue weighted by atomic mass is 10.2. The summed E-state index contributed by atoms with van der Waals surface area (Å²) in [6.45, 7) is 5.71. The first kappa shape index (κ1) is 18.5. The molecule has 1 heterocycles. The summed E-state index contributed by atoms with van der Waals surface area (Å²) in [4.78, 5) is 24.2. The maximum Gasteiger partial charge on any atom is 0.308 e. The smallest absolute Gasteiger partial charge is 0.308 e. The van der Waals surface area contributed by atoms with Gasteiger partial charge in [0.1, 0.15) is 5.75 Å². The van der Waals surface area contributed by atoms with Crippen LogP contribution in [-0.2, 0) is 4.79 Å². The predicted octanol–water partition coefficient (Wildman–Crippen LogP) is 4.62. The minimum atomic E-state index is -0.271. The number of halogens is 1. The SMILES string of the molecule is Cc1cc(OCC(=O)Nc2ccc3c(c2)sc(=O)n3C(C)C)ccc1Cl. The quantitative estimate of drug-likeness (QED) is 0.691. The molecule has 136 valence electrons. The minimum absolute atomic E-state index is 0.0000759. The molecule has 1 N–H and O–H groups in total. The summed E-state index contributed by atoms with van der Waals surface area (Å²) in [5.41, 5.74) is 2.40. The molecule has 7 heteroatoms. The summed E-state index contributed by atoms with van der Waals surface area (Å²) in [5.74, 6) is 0.317. The topological polar surface area (TPSA) is 60.3 Å². The molecule has 0 fully saturated rings. The number of ether oxygens (including phenoxy) is 1. The lowest BCUT2D eigenvalue weighted by Crippen LogP contribution is -2.20. The molecular formula is C19H19ClN2O3S. The lowest BCUT2D eigenvalue weighted by molar-refractivity contribution is -0.118. The highest BCUT2D eigenvalue weighted by molar-refractivity contribution is 7.16. The van der Waals surface area contributed by atoms with Crippen molar-refractivity contribution < 1.29 is 9.53 Å². The maximum atomic E-state index is 12.1. The van der Waals surface area contributed by atoms with Crippen molar-refractivity contribution in [1.82, 2.24) is 4.57 Å². The number of aryl methyl sites for hydroxylation is 1. The van der Waals surface area contributed by atoms with Crippen molar-refractivity contribution in [2.45, 2.75) is 26.8 Å². The zero-order chi connectivity index (χ0) is 18.8. The minimum Gasteiger partial charge on any atom is -0.484 e. The second-order valence-corrected chi connectivity index (χ2v) is 7.66. The average molecular weight is 391 g/mol. The number of nitrogens with one attached hydrogen (secondary N) is 1. The van der Waals surface area contributed by atoms with Gasteiger partial charge in [-0.3, -0.25) is 14.2 Å². The van der Waals surface area contributed by atoms with Crippen LogP contribution < -0.4 is 14.9 Å². The van der Waals surface area contributed by atoms with E-state index in [1.807, 2.05) is 32.9 Å². The zero-order valence-corrected chi connectivity index (χ0v) is 16.3. The van der Waals surface area contributed by atoms with Crippen LogP contribution in [0.15, 0.2) is 41.2 Å². The fraction of sp³-hybridized carbons (Fsp3) is 0.263. The Morgan fingerprint density at radius 3 is 2.73 bits per heavy atom. The number of amides is 1. The molecule has 0 aliphatic carbocycles. The monoisotopic (exact) mass is 390 g/mol. The number of thiazole rings is 1. The van der Waals surface area contributed by atoms with Crippen molar-refractivity contribution in [1.29, 1.82) is 0 Å². The van der Waals surface area contributed by atoms with E-state index in [0.717, 1.165) is 15.8 Å². The Kier molecular flexibility index (Phi) is 5.34. The Bertz CT molecular complexity index is 1020.